The van der Waals surface area contributed by atoms with E-state index in [-0.39, 0.29) is 5.78 Å². The van der Waals surface area contributed by atoms with Gasteiger partial charge in [0.2, 0.25) is 0 Å². The van der Waals surface area contributed by atoms with Crippen molar-refractivity contribution in [3.05, 3.63) is 21.9 Å². The molecule has 0 aliphatic heterocycles. The highest BCUT2D eigenvalue weighted by Crippen LogP contribution is 2.28. The smallest absolute Gasteiger partial charge is 0.179 e. The third-order valence-electron chi connectivity index (χ3n) is 2.02. The van der Waals surface area contributed by atoms with E-state index in [0.717, 1.165) is 10.4 Å². The lowest BCUT2D eigenvalue weighted by atomic mass is 9.89. The van der Waals surface area contributed by atoms with Crippen LogP contribution in [-0.4, -0.2) is 11.7 Å². The Morgan fingerprint density at radius 1 is 1.62 bits per heavy atom. The summed E-state index contributed by atoms with van der Waals surface area (Å²) >= 11 is 7.23. The maximum Gasteiger partial charge on any atom is 0.179 e. The molecular weight excluding hydrogens is 204 g/mol. The molecule has 1 rings (SSSR count). The maximum absolute atomic E-state index is 11.9. The lowest BCUT2D eigenvalue weighted by Gasteiger charge is -2.18. The third-order valence-corrected chi connectivity index (χ3v) is 3.70. The molecule has 0 saturated heterocycles. The van der Waals surface area contributed by atoms with Crippen molar-refractivity contribution in [3.8, 4) is 0 Å². The molecule has 0 aliphatic carbocycles. The van der Waals surface area contributed by atoms with Crippen LogP contribution in [0.4, 0.5) is 0 Å². The molecule has 1 nitrogen and oxygen atoms in total. The topological polar surface area (TPSA) is 17.1 Å². The number of rotatable bonds is 3. The average molecular weight is 217 g/mol. The first kappa shape index (κ1) is 10.7. The zero-order valence-corrected chi connectivity index (χ0v) is 9.63. The van der Waals surface area contributed by atoms with E-state index >= 15 is 0 Å². The second-order valence-corrected chi connectivity index (χ2v) is 4.96. The molecule has 0 bridgehead atoms. The Kier molecular flexibility index (Phi) is 3.14. The number of alkyl halides is 1. The van der Waals surface area contributed by atoms with Crippen LogP contribution in [0.5, 0.6) is 0 Å². The highest BCUT2D eigenvalue weighted by molar-refractivity contribution is 7.12. The van der Waals surface area contributed by atoms with E-state index in [1.807, 2.05) is 32.2 Å². The fourth-order valence-corrected chi connectivity index (χ4v) is 2.14. The molecule has 1 aromatic rings. The molecule has 0 aliphatic rings. The van der Waals surface area contributed by atoms with Crippen molar-refractivity contribution in [3.63, 3.8) is 0 Å². The van der Waals surface area contributed by atoms with Crippen molar-refractivity contribution >= 4 is 28.7 Å². The summed E-state index contributed by atoms with van der Waals surface area (Å²) in [7, 11) is 0. The lowest BCUT2D eigenvalue weighted by Crippen LogP contribution is -2.25. The minimum absolute atomic E-state index is 0.148. The zero-order chi connectivity index (χ0) is 10.1. The van der Waals surface area contributed by atoms with Crippen molar-refractivity contribution in [2.75, 3.05) is 5.88 Å². The van der Waals surface area contributed by atoms with Gasteiger partial charge in [-0.1, -0.05) is 13.8 Å². The van der Waals surface area contributed by atoms with Crippen LogP contribution in [0.1, 0.15) is 29.1 Å². The Balaban J connectivity index is 2.98. The zero-order valence-electron chi connectivity index (χ0n) is 8.06. The minimum Gasteiger partial charge on any atom is -0.293 e. The Hall–Kier alpha value is -0.340. The number of hydrogen-bond acceptors (Lipinski definition) is 2. The van der Waals surface area contributed by atoms with Gasteiger partial charge >= 0.3 is 0 Å². The first-order chi connectivity index (χ1) is 5.99. The molecule has 0 N–H and O–H groups in total. The van der Waals surface area contributed by atoms with Crippen molar-refractivity contribution in [1.82, 2.24) is 0 Å². The van der Waals surface area contributed by atoms with Crippen molar-refractivity contribution < 1.29 is 4.79 Å². The van der Waals surface area contributed by atoms with Gasteiger partial charge in [-0.15, -0.1) is 22.9 Å². The minimum atomic E-state index is -0.447. The van der Waals surface area contributed by atoms with Gasteiger partial charge in [0.15, 0.2) is 5.78 Å². The molecule has 0 radical (unpaired) electrons. The second kappa shape index (κ2) is 3.81. The molecule has 72 valence electrons. The quantitative estimate of drug-likeness (QED) is 0.558. The number of Topliss-reactive ketones (excluding diaryl/α,β-unsaturated/α-hetero) is 1. The predicted molar refractivity (Wildman–Crippen MR) is 57.9 cm³/mol. The maximum atomic E-state index is 11.9. The highest BCUT2D eigenvalue weighted by atomic mass is 35.5. The third kappa shape index (κ3) is 2.12. The molecule has 0 fully saturated rings. The number of carbonyl (C=O) groups excluding carboxylic acids is 1. The van der Waals surface area contributed by atoms with Gasteiger partial charge in [0, 0.05) is 11.3 Å². The second-order valence-electron chi connectivity index (χ2n) is 3.78. The van der Waals surface area contributed by atoms with Crippen LogP contribution >= 0.6 is 22.9 Å². The molecule has 0 spiro atoms. The summed E-state index contributed by atoms with van der Waals surface area (Å²) < 4.78 is 0. The highest BCUT2D eigenvalue weighted by Gasteiger charge is 2.29. The van der Waals surface area contributed by atoms with Gasteiger partial charge in [0.05, 0.1) is 4.88 Å². The van der Waals surface area contributed by atoms with Crippen LogP contribution in [0.15, 0.2) is 11.4 Å². The van der Waals surface area contributed by atoms with Gasteiger partial charge in [0.1, 0.15) is 0 Å². The van der Waals surface area contributed by atoms with E-state index in [2.05, 4.69) is 0 Å². The molecule has 1 heterocycles. The van der Waals surface area contributed by atoms with Gasteiger partial charge in [0.25, 0.3) is 0 Å². The summed E-state index contributed by atoms with van der Waals surface area (Å²) in [4.78, 5) is 12.7. The summed E-state index contributed by atoms with van der Waals surface area (Å²) in [6, 6.07) is 1.96. The van der Waals surface area contributed by atoms with Gasteiger partial charge in [-0.2, -0.15) is 0 Å². The number of ketones is 1. The molecule has 0 aromatic carbocycles. The van der Waals surface area contributed by atoms with E-state index in [1.54, 1.807) is 0 Å². The normalized spacial score (nSPS) is 11.7. The van der Waals surface area contributed by atoms with E-state index < -0.39 is 5.41 Å². The number of halogens is 1. The van der Waals surface area contributed by atoms with Crippen molar-refractivity contribution in [2.24, 2.45) is 5.41 Å². The first-order valence-electron chi connectivity index (χ1n) is 4.14. The van der Waals surface area contributed by atoms with E-state index in [1.165, 1.54) is 11.3 Å². The average Bonchev–Trinajstić information content (AvgIpc) is 2.50. The number of aryl methyl sites for hydroxylation is 1. The summed E-state index contributed by atoms with van der Waals surface area (Å²) in [6.07, 6.45) is 0. The van der Waals surface area contributed by atoms with Gasteiger partial charge in [-0.3, -0.25) is 4.79 Å². The van der Waals surface area contributed by atoms with Crippen LogP contribution in [0.25, 0.3) is 0 Å². The predicted octanol–water partition coefficient (Wildman–Crippen LogP) is 3.50. The molecule has 3 heteroatoms. The van der Waals surface area contributed by atoms with Crippen molar-refractivity contribution in [1.29, 1.82) is 0 Å². The lowest BCUT2D eigenvalue weighted by molar-refractivity contribution is 0.0866. The molecule has 0 unspecified atom stereocenters. The van der Waals surface area contributed by atoms with Crippen LogP contribution < -0.4 is 0 Å². The van der Waals surface area contributed by atoms with E-state index in [4.69, 9.17) is 11.6 Å². The summed E-state index contributed by atoms with van der Waals surface area (Å²) in [5, 5.41) is 1.94. The fraction of sp³-hybridized carbons (Fsp3) is 0.500. The summed E-state index contributed by atoms with van der Waals surface area (Å²) in [6.45, 7) is 5.71. The summed E-state index contributed by atoms with van der Waals surface area (Å²) in [5.41, 5.74) is 0.602. The molecule has 0 saturated carbocycles. The Bertz CT molecular complexity index is 314. The van der Waals surface area contributed by atoms with Gasteiger partial charge in [-0.05, 0) is 23.9 Å². The van der Waals surface area contributed by atoms with Crippen molar-refractivity contribution in [2.45, 2.75) is 20.8 Å². The molecule has 0 atom stereocenters. The number of hydrogen-bond donors (Lipinski definition) is 0. The van der Waals surface area contributed by atoms with Crippen LogP contribution in [0, 0.1) is 12.3 Å². The molecular formula is C10H13ClOS. The Labute approximate surface area is 87.7 Å². The fourth-order valence-electron chi connectivity index (χ4n) is 0.973. The summed E-state index contributed by atoms with van der Waals surface area (Å²) in [5.74, 6) is 0.512. The molecule has 0 amide bonds. The standard InChI is InChI=1S/C10H13ClOS/c1-7-4-5-13-8(7)9(12)10(2,3)6-11/h4-5H,6H2,1-3H3. The van der Waals surface area contributed by atoms with Crippen LogP contribution in [-0.2, 0) is 0 Å². The van der Waals surface area contributed by atoms with E-state index in [0.29, 0.717) is 5.88 Å². The van der Waals surface area contributed by atoms with Crippen LogP contribution in [0.3, 0.4) is 0 Å². The monoisotopic (exact) mass is 216 g/mol. The van der Waals surface area contributed by atoms with Gasteiger partial charge in [-0.25, -0.2) is 0 Å². The Morgan fingerprint density at radius 3 is 2.62 bits per heavy atom. The largest absolute Gasteiger partial charge is 0.293 e. The number of thiophene rings is 1. The first-order valence-corrected chi connectivity index (χ1v) is 5.55. The van der Waals surface area contributed by atoms with E-state index in [9.17, 15) is 4.79 Å². The SMILES string of the molecule is Cc1ccsc1C(=O)C(C)(C)CCl. The molecule has 1 aromatic heterocycles. The number of carbonyl (C=O) groups is 1. The molecule has 13 heavy (non-hydrogen) atoms. The Morgan fingerprint density at radius 2 is 2.23 bits per heavy atom. The van der Waals surface area contributed by atoms with Gasteiger partial charge < -0.3 is 0 Å². The van der Waals surface area contributed by atoms with Crippen LogP contribution in [0.2, 0.25) is 0 Å².